The van der Waals surface area contributed by atoms with E-state index in [0.717, 1.165) is 43.1 Å². The van der Waals surface area contributed by atoms with E-state index in [1.165, 1.54) is 22.6 Å². The number of carbonyl (C=O) groups excluding carboxylic acids is 1. The normalized spacial score (nSPS) is 14.8. The third-order valence-electron chi connectivity index (χ3n) is 6.11. The highest BCUT2D eigenvalue weighted by Gasteiger charge is 2.22. The van der Waals surface area contributed by atoms with Crippen molar-refractivity contribution in [3.05, 3.63) is 83.2 Å². The van der Waals surface area contributed by atoms with Crippen LogP contribution in [0, 0.1) is 5.82 Å². The molecule has 0 aromatic heterocycles. The van der Waals surface area contributed by atoms with E-state index < -0.39 is 21.7 Å². The van der Waals surface area contributed by atoms with Crippen LogP contribution in [0.3, 0.4) is 0 Å². The van der Waals surface area contributed by atoms with Crippen LogP contribution in [-0.4, -0.2) is 39.0 Å². The summed E-state index contributed by atoms with van der Waals surface area (Å²) in [6.07, 6.45) is 5.31. The molecule has 0 bridgehead atoms. The number of hydrogen-bond donors (Lipinski definition) is 2. The summed E-state index contributed by atoms with van der Waals surface area (Å²) in [7, 11) is -2.15. The Morgan fingerprint density at radius 2 is 2.03 bits per heavy atom. The minimum absolute atomic E-state index is 0.0797. The molecule has 1 aliphatic rings. The lowest BCUT2D eigenvalue weighted by molar-refractivity contribution is 0.214. The molecule has 0 saturated carbocycles. The summed E-state index contributed by atoms with van der Waals surface area (Å²) < 4.78 is 40.6. The minimum atomic E-state index is -3.76. The number of rotatable bonds is 8. The van der Waals surface area contributed by atoms with E-state index in [4.69, 9.17) is 0 Å². The summed E-state index contributed by atoms with van der Waals surface area (Å²) >= 11 is 0. The Morgan fingerprint density at radius 3 is 2.71 bits per heavy atom. The molecule has 0 aliphatic carbocycles. The number of likely N-dealkylation sites (N-methyl/N-ethyl adjacent to an activating group) is 1. The van der Waals surface area contributed by atoms with E-state index in [-0.39, 0.29) is 22.4 Å². The molecule has 1 heterocycles. The van der Waals surface area contributed by atoms with Gasteiger partial charge < -0.3 is 15.5 Å². The fraction of sp³-hybridized carbons (Fsp3) is 0.346. The van der Waals surface area contributed by atoms with E-state index in [1.807, 2.05) is 32.1 Å². The first-order chi connectivity index (χ1) is 16.2. The quantitative estimate of drug-likeness (QED) is 0.526. The molecule has 0 radical (unpaired) electrons. The monoisotopic (exact) mass is 485 g/mol. The van der Waals surface area contributed by atoms with Crippen LogP contribution < -0.4 is 10.6 Å². The van der Waals surface area contributed by atoms with Gasteiger partial charge in [0.05, 0.1) is 22.4 Å². The van der Waals surface area contributed by atoms with E-state index in [9.17, 15) is 17.6 Å². The number of amides is 2. The van der Waals surface area contributed by atoms with Crippen molar-refractivity contribution in [3.63, 3.8) is 0 Å². The molecule has 2 aromatic rings. The van der Waals surface area contributed by atoms with Crippen LogP contribution in [0.1, 0.15) is 37.0 Å². The highest BCUT2D eigenvalue weighted by molar-refractivity contribution is 7.90. The lowest BCUT2D eigenvalue weighted by Gasteiger charge is -2.26. The lowest BCUT2D eigenvalue weighted by Crippen LogP contribution is -2.39. The average Bonchev–Trinajstić information content (AvgIpc) is 2.82. The number of carbonyl (C=O) groups is 1. The Balaban J connectivity index is 1.73. The van der Waals surface area contributed by atoms with Crippen LogP contribution in [0.15, 0.2) is 65.6 Å². The van der Waals surface area contributed by atoms with Crippen molar-refractivity contribution in [3.8, 4) is 0 Å². The Bertz CT molecular complexity index is 1210. The number of nitrogens with one attached hydrogen (secondary N) is 2. The molecule has 0 spiro atoms. The van der Waals surface area contributed by atoms with E-state index >= 15 is 0 Å². The molecule has 2 aromatic carbocycles. The van der Waals surface area contributed by atoms with Crippen molar-refractivity contribution in [2.75, 3.05) is 18.9 Å². The van der Waals surface area contributed by atoms with Gasteiger partial charge in [0.25, 0.3) is 0 Å². The molecule has 2 N–H and O–H groups in total. The number of sulfone groups is 1. The summed E-state index contributed by atoms with van der Waals surface area (Å²) in [5.74, 6) is -1.02. The number of hydrogen-bond acceptors (Lipinski definition) is 4. The van der Waals surface area contributed by atoms with E-state index in [0.29, 0.717) is 5.56 Å². The number of urea groups is 1. The van der Waals surface area contributed by atoms with Gasteiger partial charge in [-0.15, -0.1) is 0 Å². The maximum Gasteiger partial charge on any atom is 0.322 e. The molecule has 0 fully saturated rings. The van der Waals surface area contributed by atoms with Gasteiger partial charge in [-0.05, 0) is 66.8 Å². The lowest BCUT2D eigenvalue weighted by atomic mass is 9.99. The predicted molar refractivity (Wildman–Crippen MR) is 134 cm³/mol. The largest absolute Gasteiger partial charge is 0.322 e. The molecule has 0 saturated heterocycles. The van der Waals surface area contributed by atoms with Crippen molar-refractivity contribution < 1.29 is 17.6 Å². The Kier molecular flexibility index (Phi) is 8.28. The summed E-state index contributed by atoms with van der Waals surface area (Å²) in [4.78, 5) is 14.0. The number of benzene rings is 2. The first-order valence-electron chi connectivity index (χ1n) is 11.4. The summed E-state index contributed by atoms with van der Waals surface area (Å²) in [6.45, 7) is 9.26. The molecule has 1 aliphatic heterocycles. The smallest absolute Gasteiger partial charge is 0.321 e. The zero-order chi connectivity index (χ0) is 24.9. The Labute approximate surface area is 201 Å². The van der Waals surface area contributed by atoms with Crippen molar-refractivity contribution in [1.29, 1.82) is 0 Å². The molecular formula is C26H32FN3O3S. The predicted octanol–water partition coefficient (Wildman–Crippen LogP) is 4.82. The third kappa shape index (κ3) is 5.93. The maximum absolute atomic E-state index is 14.8. The van der Waals surface area contributed by atoms with Crippen LogP contribution >= 0.6 is 0 Å². The van der Waals surface area contributed by atoms with E-state index in [2.05, 4.69) is 17.2 Å². The summed E-state index contributed by atoms with van der Waals surface area (Å²) in [5, 5.41) is 5.81. The topological polar surface area (TPSA) is 78.5 Å². The van der Waals surface area contributed by atoms with Gasteiger partial charge in [-0.1, -0.05) is 43.9 Å². The summed E-state index contributed by atoms with van der Waals surface area (Å²) in [6, 6.07) is 8.47. The molecule has 1 unspecified atom stereocenters. The van der Waals surface area contributed by atoms with Crippen molar-refractivity contribution >= 4 is 21.6 Å². The van der Waals surface area contributed by atoms with Gasteiger partial charge in [0.2, 0.25) is 0 Å². The van der Waals surface area contributed by atoms with Crippen molar-refractivity contribution in [1.82, 2.24) is 10.2 Å². The average molecular weight is 486 g/mol. The second-order valence-electron chi connectivity index (χ2n) is 8.46. The fourth-order valence-electron chi connectivity index (χ4n) is 3.98. The SMILES string of the molecule is C=C/C(=C\CC)C(C)N(C)C(=O)Nc1ccc(S(=O)(=O)Cc2ccc3c(c2)CCNC3)cc1F. The van der Waals surface area contributed by atoms with Gasteiger partial charge in [0, 0.05) is 13.6 Å². The minimum Gasteiger partial charge on any atom is -0.321 e. The van der Waals surface area contributed by atoms with Crippen LogP contribution in [0.2, 0.25) is 0 Å². The van der Waals surface area contributed by atoms with E-state index in [1.54, 1.807) is 19.2 Å². The molecule has 34 heavy (non-hydrogen) atoms. The highest BCUT2D eigenvalue weighted by Crippen LogP contribution is 2.24. The molecular weight excluding hydrogens is 453 g/mol. The number of halogens is 1. The van der Waals surface area contributed by atoms with Crippen molar-refractivity contribution in [2.45, 2.75) is 49.9 Å². The molecule has 3 rings (SSSR count). The molecule has 2 amide bonds. The van der Waals surface area contributed by atoms with Crippen LogP contribution in [0.25, 0.3) is 0 Å². The van der Waals surface area contributed by atoms with Crippen LogP contribution in [0.4, 0.5) is 14.9 Å². The first kappa shape index (κ1) is 25.6. The highest BCUT2D eigenvalue weighted by atomic mass is 32.2. The van der Waals surface area contributed by atoms with Gasteiger partial charge in [-0.3, -0.25) is 0 Å². The van der Waals surface area contributed by atoms with Gasteiger partial charge in [0.1, 0.15) is 5.82 Å². The zero-order valence-corrected chi connectivity index (χ0v) is 20.7. The van der Waals surface area contributed by atoms with Gasteiger partial charge in [0.15, 0.2) is 9.84 Å². The van der Waals surface area contributed by atoms with Gasteiger partial charge in [-0.2, -0.15) is 0 Å². The second-order valence-corrected chi connectivity index (χ2v) is 10.5. The number of nitrogens with zero attached hydrogens (tertiary/aromatic N) is 1. The first-order valence-corrected chi connectivity index (χ1v) is 13.0. The third-order valence-corrected chi connectivity index (χ3v) is 7.80. The molecule has 6 nitrogen and oxygen atoms in total. The number of allylic oxidation sites excluding steroid dienone is 1. The number of anilines is 1. The van der Waals surface area contributed by atoms with Crippen molar-refractivity contribution in [2.24, 2.45) is 0 Å². The molecule has 8 heteroatoms. The standard InChI is InChI=1S/C26H32FN3O3S/c1-5-7-20(6-2)18(3)30(4)26(31)29-25-11-10-23(15-24(25)27)34(32,33)17-19-8-9-22-16-28-13-12-21(22)14-19/h6-11,14-15,18,28H,2,5,12-13,16-17H2,1,3-4H3,(H,29,31)/b20-7+. The summed E-state index contributed by atoms with van der Waals surface area (Å²) in [5.41, 5.74) is 3.79. The van der Waals surface area contributed by atoms with Crippen LogP contribution in [0.5, 0.6) is 0 Å². The number of fused-ring (bicyclic) bond motifs is 1. The Hall–Kier alpha value is -2.97. The molecule has 1 atom stereocenters. The second kappa shape index (κ2) is 11.0. The van der Waals surface area contributed by atoms with Gasteiger partial charge in [-0.25, -0.2) is 17.6 Å². The Morgan fingerprint density at radius 1 is 1.26 bits per heavy atom. The zero-order valence-electron chi connectivity index (χ0n) is 19.9. The van der Waals surface area contributed by atoms with Gasteiger partial charge >= 0.3 is 6.03 Å². The fourth-order valence-corrected chi connectivity index (χ4v) is 5.32. The van der Waals surface area contributed by atoms with Crippen LogP contribution in [-0.2, 0) is 28.6 Å². The molecule has 182 valence electrons. The maximum atomic E-state index is 14.8.